The lowest BCUT2D eigenvalue weighted by atomic mass is 10.0. The number of hydrogen-bond acceptors (Lipinski definition) is 4. The van der Waals surface area contributed by atoms with Gasteiger partial charge in [0.2, 0.25) is 11.8 Å². The standard InChI is InChI=1S/C28H33N3O3/c1-20(2)27(30-26(32)18-21-10-11-23-7-3-4-8-24(23)16-21)28(33)29-25-9-5-6-22(17-25)19-31-12-14-34-15-13-31/h3-11,16-17,20,27H,12-15,18-19H2,1-2H3,(H,29,33)(H,30,32). The third kappa shape index (κ3) is 6.43. The van der Waals surface area contributed by atoms with Gasteiger partial charge in [-0.3, -0.25) is 14.5 Å². The van der Waals surface area contributed by atoms with Crippen LogP contribution in [0.5, 0.6) is 0 Å². The van der Waals surface area contributed by atoms with Crippen LogP contribution in [0.2, 0.25) is 0 Å². The van der Waals surface area contributed by atoms with Gasteiger partial charge in [0, 0.05) is 25.3 Å². The molecule has 178 valence electrons. The maximum atomic E-state index is 13.1. The van der Waals surface area contributed by atoms with E-state index in [1.54, 1.807) is 0 Å². The molecule has 0 aromatic heterocycles. The van der Waals surface area contributed by atoms with Crippen molar-refractivity contribution < 1.29 is 14.3 Å². The second kappa shape index (κ2) is 11.3. The summed E-state index contributed by atoms with van der Waals surface area (Å²) < 4.78 is 5.42. The van der Waals surface area contributed by atoms with Crippen molar-refractivity contribution in [2.45, 2.75) is 32.9 Å². The zero-order valence-electron chi connectivity index (χ0n) is 19.9. The molecule has 6 nitrogen and oxygen atoms in total. The fraction of sp³-hybridized carbons (Fsp3) is 0.357. The van der Waals surface area contributed by atoms with Crippen molar-refractivity contribution in [2.24, 2.45) is 5.92 Å². The minimum Gasteiger partial charge on any atom is -0.379 e. The summed E-state index contributed by atoms with van der Waals surface area (Å²) in [6.07, 6.45) is 0.233. The molecule has 0 spiro atoms. The molecule has 1 saturated heterocycles. The number of anilines is 1. The smallest absolute Gasteiger partial charge is 0.247 e. The van der Waals surface area contributed by atoms with Crippen LogP contribution >= 0.6 is 0 Å². The number of nitrogens with zero attached hydrogens (tertiary/aromatic N) is 1. The monoisotopic (exact) mass is 459 g/mol. The van der Waals surface area contributed by atoms with Crippen LogP contribution in [0.25, 0.3) is 10.8 Å². The maximum absolute atomic E-state index is 13.1. The normalized spacial score (nSPS) is 15.3. The highest BCUT2D eigenvalue weighted by Crippen LogP contribution is 2.17. The Balaban J connectivity index is 1.37. The van der Waals surface area contributed by atoms with Gasteiger partial charge in [-0.05, 0) is 39.9 Å². The summed E-state index contributed by atoms with van der Waals surface area (Å²) >= 11 is 0. The first-order chi connectivity index (χ1) is 16.5. The van der Waals surface area contributed by atoms with Crippen LogP contribution in [0.1, 0.15) is 25.0 Å². The number of ether oxygens (including phenoxy) is 1. The second-order valence-corrected chi connectivity index (χ2v) is 9.23. The topological polar surface area (TPSA) is 70.7 Å². The minimum atomic E-state index is -0.615. The lowest BCUT2D eigenvalue weighted by molar-refractivity contribution is -0.127. The molecule has 1 aliphatic heterocycles. The van der Waals surface area contributed by atoms with Crippen molar-refractivity contribution in [3.63, 3.8) is 0 Å². The number of amides is 2. The molecule has 2 N–H and O–H groups in total. The molecule has 2 amide bonds. The van der Waals surface area contributed by atoms with E-state index in [1.165, 1.54) is 0 Å². The molecule has 0 radical (unpaired) electrons. The Morgan fingerprint density at radius 3 is 2.44 bits per heavy atom. The fourth-order valence-electron chi connectivity index (χ4n) is 4.28. The summed E-state index contributed by atoms with van der Waals surface area (Å²) in [4.78, 5) is 28.2. The molecule has 1 heterocycles. The van der Waals surface area contributed by atoms with Crippen molar-refractivity contribution in [3.8, 4) is 0 Å². The van der Waals surface area contributed by atoms with E-state index >= 15 is 0 Å². The first-order valence-electron chi connectivity index (χ1n) is 11.9. The average molecular weight is 460 g/mol. The predicted molar refractivity (Wildman–Crippen MR) is 136 cm³/mol. The Hall–Kier alpha value is -3.22. The number of carbonyl (C=O) groups excluding carboxylic acids is 2. The van der Waals surface area contributed by atoms with E-state index in [0.717, 1.165) is 60.4 Å². The number of carbonyl (C=O) groups is 2. The van der Waals surface area contributed by atoms with Gasteiger partial charge >= 0.3 is 0 Å². The van der Waals surface area contributed by atoms with Gasteiger partial charge in [0.05, 0.1) is 19.6 Å². The average Bonchev–Trinajstić information content (AvgIpc) is 2.83. The number of fused-ring (bicyclic) bond motifs is 1. The van der Waals surface area contributed by atoms with E-state index in [1.807, 2.05) is 74.5 Å². The molecule has 1 unspecified atom stereocenters. The van der Waals surface area contributed by atoms with Gasteiger partial charge in [-0.1, -0.05) is 68.4 Å². The molecule has 0 bridgehead atoms. The van der Waals surface area contributed by atoms with Crippen LogP contribution in [0.3, 0.4) is 0 Å². The summed E-state index contributed by atoms with van der Waals surface area (Å²) in [5.74, 6) is -0.410. The number of rotatable bonds is 8. The van der Waals surface area contributed by atoms with E-state index in [9.17, 15) is 9.59 Å². The molecule has 34 heavy (non-hydrogen) atoms. The molecule has 1 atom stereocenters. The summed E-state index contributed by atoms with van der Waals surface area (Å²) in [6, 6.07) is 21.4. The Morgan fingerprint density at radius 1 is 0.912 bits per heavy atom. The molecule has 4 rings (SSSR count). The summed E-state index contributed by atoms with van der Waals surface area (Å²) in [6.45, 7) is 8.04. The van der Waals surface area contributed by atoms with Crippen molar-refractivity contribution in [1.29, 1.82) is 0 Å². The molecule has 0 aliphatic carbocycles. The highest BCUT2D eigenvalue weighted by atomic mass is 16.5. The van der Waals surface area contributed by atoms with Crippen LogP contribution in [0.4, 0.5) is 5.69 Å². The quantitative estimate of drug-likeness (QED) is 0.534. The van der Waals surface area contributed by atoms with Crippen molar-refractivity contribution in [2.75, 3.05) is 31.6 Å². The Morgan fingerprint density at radius 2 is 1.68 bits per heavy atom. The highest BCUT2D eigenvalue weighted by Gasteiger charge is 2.24. The van der Waals surface area contributed by atoms with Gasteiger partial charge in [-0.15, -0.1) is 0 Å². The van der Waals surface area contributed by atoms with Crippen LogP contribution in [-0.2, 0) is 27.3 Å². The first kappa shape index (κ1) is 23.9. The van der Waals surface area contributed by atoms with E-state index in [4.69, 9.17) is 4.74 Å². The highest BCUT2D eigenvalue weighted by molar-refractivity contribution is 5.97. The van der Waals surface area contributed by atoms with Crippen molar-refractivity contribution in [1.82, 2.24) is 10.2 Å². The van der Waals surface area contributed by atoms with E-state index in [-0.39, 0.29) is 24.2 Å². The molecule has 1 aliphatic rings. The molecule has 6 heteroatoms. The molecule has 0 saturated carbocycles. The minimum absolute atomic E-state index is 0.0444. The van der Waals surface area contributed by atoms with Crippen LogP contribution < -0.4 is 10.6 Å². The third-order valence-corrected chi connectivity index (χ3v) is 6.15. The van der Waals surface area contributed by atoms with Gasteiger partial charge in [-0.2, -0.15) is 0 Å². The van der Waals surface area contributed by atoms with Crippen LogP contribution in [0, 0.1) is 5.92 Å². The SMILES string of the molecule is CC(C)C(NC(=O)Cc1ccc2ccccc2c1)C(=O)Nc1cccc(CN2CCOCC2)c1. The molecule has 1 fully saturated rings. The molecular weight excluding hydrogens is 426 g/mol. The number of morpholine rings is 1. The second-order valence-electron chi connectivity index (χ2n) is 9.23. The summed E-state index contributed by atoms with van der Waals surface area (Å²) in [7, 11) is 0. The van der Waals surface area contributed by atoms with Crippen LogP contribution in [-0.4, -0.2) is 49.1 Å². The van der Waals surface area contributed by atoms with Crippen molar-refractivity contribution in [3.05, 3.63) is 77.9 Å². The van der Waals surface area contributed by atoms with Crippen molar-refractivity contribution >= 4 is 28.3 Å². The number of benzene rings is 3. The predicted octanol–water partition coefficient (Wildman–Crippen LogP) is 3.99. The largest absolute Gasteiger partial charge is 0.379 e. The van der Waals surface area contributed by atoms with Gasteiger partial charge < -0.3 is 15.4 Å². The zero-order chi connectivity index (χ0) is 23.9. The van der Waals surface area contributed by atoms with E-state index < -0.39 is 6.04 Å². The molecule has 3 aromatic carbocycles. The lowest BCUT2D eigenvalue weighted by Gasteiger charge is -2.26. The van der Waals surface area contributed by atoms with Gasteiger partial charge in [-0.25, -0.2) is 0 Å². The van der Waals surface area contributed by atoms with Gasteiger partial charge in [0.15, 0.2) is 0 Å². The number of nitrogens with one attached hydrogen (secondary N) is 2. The Bertz CT molecular complexity index is 1140. The van der Waals surface area contributed by atoms with Crippen LogP contribution in [0.15, 0.2) is 66.7 Å². The molecular formula is C28H33N3O3. The number of hydrogen-bond donors (Lipinski definition) is 2. The Labute approximate surface area is 201 Å². The molecule has 3 aromatic rings. The zero-order valence-corrected chi connectivity index (χ0v) is 19.9. The maximum Gasteiger partial charge on any atom is 0.247 e. The Kier molecular flexibility index (Phi) is 7.93. The summed E-state index contributed by atoms with van der Waals surface area (Å²) in [5, 5.41) is 8.18. The first-order valence-corrected chi connectivity index (χ1v) is 11.9. The third-order valence-electron chi connectivity index (χ3n) is 6.15. The van der Waals surface area contributed by atoms with E-state index in [2.05, 4.69) is 21.6 Å². The van der Waals surface area contributed by atoms with E-state index in [0.29, 0.717) is 0 Å². The lowest BCUT2D eigenvalue weighted by Crippen LogP contribution is -2.47. The van der Waals surface area contributed by atoms with Gasteiger partial charge in [0.25, 0.3) is 0 Å². The van der Waals surface area contributed by atoms with Gasteiger partial charge in [0.1, 0.15) is 6.04 Å². The summed E-state index contributed by atoms with van der Waals surface area (Å²) in [5.41, 5.74) is 2.81. The fourth-order valence-corrected chi connectivity index (χ4v) is 4.28.